The Labute approximate surface area is 138 Å². The second-order valence-corrected chi connectivity index (χ2v) is 5.80. The molecule has 4 nitrogen and oxygen atoms in total. The average Bonchev–Trinajstić information content (AvgIpc) is 2.38. The van der Waals surface area contributed by atoms with Gasteiger partial charge in [-0.2, -0.15) is 0 Å². The number of benzene rings is 2. The molecule has 0 bridgehead atoms. The predicted octanol–water partition coefficient (Wildman–Crippen LogP) is 5.42. The molecule has 0 atom stereocenters. The molecule has 0 aliphatic carbocycles. The van der Waals surface area contributed by atoms with E-state index < -0.39 is 10.7 Å². The zero-order valence-corrected chi connectivity index (χ0v) is 13.5. The van der Waals surface area contributed by atoms with Crippen molar-refractivity contribution in [2.45, 2.75) is 6.54 Å². The molecule has 0 aliphatic heterocycles. The van der Waals surface area contributed by atoms with Gasteiger partial charge in [0.05, 0.1) is 20.7 Å². The highest BCUT2D eigenvalue weighted by molar-refractivity contribution is 9.10. The molecule has 1 N–H and O–H groups in total. The SMILES string of the molecule is O=[N+]([O-])c1ccc(CNc2c(Cl)cc(F)cc2Cl)c(Br)c1. The minimum Gasteiger partial charge on any atom is -0.379 e. The molecule has 0 fully saturated rings. The molecule has 110 valence electrons. The van der Waals surface area contributed by atoms with E-state index in [0.29, 0.717) is 16.7 Å². The Balaban J connectivity index is 2.19. The number of nitro benzene ring substituents is 1. The first-order valence-corrected chi connectivity index (χ1v) is 7.24. The van der Waals surface area contributed by atoms with Gasteiger partial charge in [0.1, 0.15) is 5.82 Å². The van der Waals surface area contributed by atoms with Crippen LogP contribution in [0, 0.1) is 15.9 Å². The number of nitrogens with zero attached hydrogens (tertiary/aromatic N) is 1. The minimum atomic E-state index is -0.521. The van der Waals surface area contributed by atoms with Crippen molar-refractivity contribution in [3.05, 3.63) is 66.3 Å². The normalized spacial score (nSPS) is 10.5. The van der Waals surface area contributed by atoms with E-state index in [1.165, 1.54) is 12.1 Å². The second-order valence-electron chi connectivity index (χ2n) is 4.13. The summed E-state index contributed by atoms with van der Waals surface area (Å²) in [5.41, 5.74) is 1.17. The number of rotatable bonds is 4. The van der Waals surface area contributed by atoms with Crippen LogP contribution >= 0.6 is 39.1 Å². The van der Waals surface area contributed by atoms with Crippen molar-refractivity contribution in [2.75, 3.05) is 5.32 Å². The molecular formula is C13H8BrCl2FN2O2. The smallest absolute Gasteiger partial charge is 0.270 e. The van der Waals surface area contributed by atoms with E-state index in [2.05, 4.69) is 21.2 Å². The van der Waals surface area contributed by atoms with Gasteiger partial charge in [-0.25, -0.2) is 4.39 Å². The molecule has 21 heavy (non-hydrogen) atoms. The third kappa shape index (κ3) is 3.84. The molecule has 2 rings (SSSR count). The number of anilines is 1. The summed E-state index contributed by atoms with van der Waals surface area (Å²) < 4.78 is 13.7. The first-order chi connectivity index (χ1) is 9.88. The van der Waals surface area contributed by atoms with Gasteiger partial charge in [0, 0.05) is 23.2 Å². The van der Waals surface area contributed by atoms with Crippen LogP contribution in [0.5, 0.6) is 0 Å². The van der Waals surface area contributed by atoms with Crippen LogP contribution in [0.1, 0.15) is 5.56 Å². The van der Waals surface area contributed by atoms with Crippen molar-refractivity contribution in [1.29, 1.82) is 0 Å². The minimum absolute atomic E-state index is 0.0107. The highest BCUT2D eigenvalue weighted by Crippen LogP contribution is 2.32. The number of hydrogen-bond acceptors (Lipinski definition) is 3. The maximum absolute atomic E-state index is 13.1. The van der Waals surface area contributed by atoms with E-state index in [9.17, 15) is 14.5 Å². The van der Waals surface area contributed by atoms with Crippen LogP contribution < -0.4 is 5.32 Å². The van der Waals surface area contributed by atoms with E-state index in [-0.39, 0.29) is 15.7 Å². The molecule has 0 amide bonds. The lowest BCUT2D eigenvalue weighted by atomic mass is 10.2. The molecule has 0 heterocycles. The number of non-ortho nitro benzene ring substituents is 1. The Morgan fingerprint density at radius 1 is 1.24 bits per heavy atom. The number of halogens is 4. The maximum Gasteiger partial charge on any atom is 0.270 e. The van der Waals surface area contributed by atoms with Crippen LogP contribution in [-0.4, -0.2) is 4.92 Å². The van der Waals surface area contributed by atoms with Crippen molar-refractivity contribution >= 4 is 50.5 Å². The predicted molar refractivity (Wildman–Crippen MR) is 84.5 cm³/mol. The molecule has 2 aromatic carbocycles. The van der Waals surface area contributed by atoms with Gasteiger partial charge in [0.2, 0.25) is 0 Å². The Bertz CT molecular complexity index is 690. The summed E-state index contributed by atoms with van der Waals surface area (Å²) in [6, 6.07) is 6.72. The zero-order chi connectivity index (χ0) is 15.6. The summed E-state index contributed by atoms with van der Waals surface area (Å²) in [6.45, 7) is 0.323. The van der Waals surface area contributed by atoms with Gasteiger partial charge in [-0.1, -0.05) is 39.1 Å². The van der Waals surface area contributed by atoms with Crippen LogP contribution in [0.4, 0.5) is 15.8 Å². The highest BCUT2D eigenvalue weighted by Gasteiger charge is 2.11. The summed E-state index contributed by atoms with van der Waals surface area (Å²) in [6.07, 6.45) is 0. The van der Waals surface area contributed by atoms with Gasteiger partial charge in [-0.05, 0) is 23.8 Å². The molecule has 0 saturated heterocycles. The number of nitro groups is 1. The van der Waals surface area contributed by atoms with Crippen molar-refractivity contribution in [2.24, 2.45) is 0 Å². The van der Waals surface area contributed by atoms with Gasteiger partial charge < -0.3 is 5.32 Å². The van der Waals surface area contributed by atoms with E-state index in [1.54, 1.807) is 6.07 Å². The molecule has 0 radical (unpaired) electrons. The van der Waals surface area contributed by atoms with Gasteiger partial charge >= 0.3 is 0 Å². The Kier molecular flexibility index (Phi) is 5.03. The maximum atomic E-state index is 13.1. The summed E-state index contributed by atoms with van der Waals surface area (Å²) in [5, 5.41) is 14.0. The van der Waals surface area contributed by atoms with Gasteiger partial charge in [-0.15, -0.1) is 0 Å². The van der Waals surface area contributed by atoms with Crippen molar-refractivity contribution < 1.29 is 9.31 Å². The van der Waals surface area contributed by atoms with E-state index >= 15 is 0 Å². The average molecular weight is 394 g/mol. The third-order valence-corrected chi connectivity index (χ3v) is 4.04. The third-order valence-electron chi connectivity index (χ3n) is 2.71. The lowest BCUT2D eigenvalue weighted by Crippen LogP contribution is -2.02. The molecule has 8 heteroatoms. The second kappa shape index (κ2) is 6.60. The Hall–Kier alpha value is -1.37. The molecular weight excluding hydrogens is 386 g/mol. The number of nitrogens with one attached hydrogen (secondary N) is 1. The lowest BCUT2D eigenvalue weighted by molar-refractivity contribution is -0.384. The fraction of sp³-hybridized carbons (Fsp3) is 0.0769. The first kappa shape index (κ1) is 16.0. The zero-order valence-electron chi connectivity index (χ0n) is 10.4. The van der Waals surface area contributed by atoms with Crippen molar-refractivity contribution in [3.63, 3.8) is 0 Å². The first-order valence-electron chi connectivity index (χ1n) is 5.69. The largest absolute Gasteiger partial charge is 0.379 e. The summed E-state index contributed by atoms with van der Waals surface area (Å²) in [4.78, 5) is 10.2. The molecule has 0 saturated carbocycles. The summed E-state index contributed by atoms with van der Waals surface area (Å²) >= 11 is 15.1. The summed E-state index contributed by atoms with van der Waals surface area (Å²) in [5.74, 6) is -0.521. The van der Waals surface area contributed by atoms with Crippen LogP contribution in [0.15, 0.2) is 34.8 Å². The quantitative estimate of drug-likeness (QED) is 0.557. The Morgan fingerprint density at radius 2 is 1.86 bits per heavy atom. The molecule has 0 unspecified atom stereocenters. The van der Waals surface area contributed by atoms with Gasteiger partial charge in [0.25, 0.3) is 5.69 Å². The number of hydrogen-bond donors (Lipinski definition) is 1. The fourth-order valence-corrected chi connectivity index (χ4v) is 2.79. The molecule has 0 aliphatic rings. The molecule has 2 aromatic rings. The summed E-state index contributed by atoms with van der Waals surface area (Å²) in [7, 11) is 0. The van der Waals surface area contributed by atoms with Gasteiger partial charge in [-0.3, -0.25) is 10.1 Å². The van der Waals surface area contributed by atoms with E-state index in [0.717, 1.165) is 17.7 Å². The van der Waals surface area contributed by atoms with E-state index in [1.807, 2.05) is 0 Å². The lowest BCUT2D eigenvalue weighted by Gasteiger charge is -2.11. The fourth-order valence-electron chi connectivity index (χ4n) is 1.69. The van der Waals surface area contributed by atoms with Crippen molar-refractivity contribution in [1.82, 2.24) is 0 Å². The van der Waals surface area contributed by atoms with Crippen molar-refractivity contribution in [3.8, 4) is 0 Å². The topological polar surface area (TPSA) is 55.2 Å². The van der Waals surface area contributed by atoms with E-state index in [4.69, 9.17) is 23.2 Å². The monoisotopic (exact) mass is 392 g/mol. The Morgan fingerprint density at radius 3 is 2.38 bits per heavy atom. The molecule has 0 aromatic heterocycles. The van der Waals surface area contributed by atoms with Crippen LogP contribution in [0.2, 0.25) is 10.0 Å². The van der Waals surface area contributed by atoms with Crippen LogP contribution in [-0.2, 0) is 6.54 Å². The van der Waals surface area contributed by atoms with Gasteiger partial charge in [0.15, 0.2) is 0 Å². The molecule has 0 spiro atoms. The van der Waals surface area contributed by atoms with Crippen LogP contribution in [0.25, 0.3) is 0 Å². The highest BCUT2D eigenvalue weighted by atomic mass is 79.9. The van der Waals surface area contributed by atoms with Crippen LogP contribution in [0.3, 0.4) is 0 Å². The standard InChI is InChI=1S/C13H8BrCl2FN2O2/c14-10-5-9(19(20)21)2-1-7(10)6-18-13-11(15)3-8(17)4-12(13)16/h1-5,18H,6H2.